The van der Waals surface area contributed by atoms with Crippen molar-refractivity contribution in [3.63, 3.8) is 0 Å². The Bertz CT molecular complexity index is 898. The third-order valence-electron chi connectivity index (χ3n) is 3.05. The fourth-order valence-corrected chi connectivity index (χ4v) is 3.22. The van der Waals surface area contributed by atoms with Gasteiger partial charge in [-0.25, -0.2) is 4.98 Å². The molecule has 0 amide bonds. The van der Waals surface area contributed by atoms with Crippen LogP contribution in [0.25, 0.3) is 10.9 Å². The van der Waals surface area contributed by atoms with Gasteiger partial charge in [-0.2, -0.15) is 13.2 Å². The van der Waals surface area contributed by atoms with Crippen molar-refractivity contribution in [3.8, 4) is 0 Å². The summed E-state index contributed by atoms with van der Waals surface area (Å²) < 4.78 is 39.3. The van der Waals surface area contributed by atoms with Gasteiger partial charge in [-0.05, 0) is 13.0 Å². The molecule has 0 saturated carbocycles. The summed E-state index contributed by atoms with van der Waals surface area (Å²) in [4.78, 5) is 21.2. The van der Waals surface area contributed by atoms with Gasteiger partial charge in [0, 0.05) is 22.0 Å². The number of aryl methyl sites for hydroxylation is 1. The van der Waals surface area contributed by atoms with Crippen LogP contribution in [0.5, 0.6) is 0 Å². The summed E-state index contributed by atoms with van der Waals surface area (Å²) in [5.74, 6) is 0.139. The molecule has 0 aliphatic rings. The molecule has 0 unspecified atom stereocenters. The molecule has 0 saturated heterocycles. The van der Waals surface area contributed by atoms with Crippen molar-refractivity contribution in [1.82, 2.24) is 15.0 Å². The Morgan fingerprint density at radius 1 is 1.23 bits per heavy atom. The van der Waals surface area contributed by atoms with E-state index in [2.05, 4.69) is 15.0 Å². The molecule has 2 N–H and O–H groups in total. The smallest absolute Gasteiger partial charge is 0.360 e. The number of rotatable bonds is 2. The number of nitrogens with one attached hydrogen (secondary N) is 2. The quantitative estimate of drug-likeness (QED) is 0.706. The number of benzene rings is 1. The molecule has 2 heterocycles. The third-order valence-corrected chi connectivity index (χ3v) is 4.09. The van der Waals surface area contributed by atoms with Crippen LogP contribution in [-0.4, -0.2) is 15.0 Å². The average Bonchev–Trinajstić information content (AvgIpc) is 2.80. The molecule has 3 rings (SSSR count). The molecule has 1 aromatic carbocycles. The van der Waals surface area contributed by atoms with Gasteiger partial charge in [0.1, 0.15) is 10.9 Å². The summed E-state index contributed by atoms with van der Waals surface area (Å²) in [5.41, 5.74) is -1.64. The van der Waals surface area contributed by atoms with E-state index in [0.29, 0.717) is 4.90 Å². The standard InChI is InChI=1S/C14H10F3N3OS/c1-7-19-12(21)11(14(15,16)17)13(20-7)22-10-6-18-9-5-3-2-4-8(9)10/h2-6,18H,1H3,(H,19,20,21). The Labute approximate surface area is 126 Å². The number of aromatic amines is 2. The van der Waals surface area contributed by atoms with Crippen molar-refractivity contribution < 1.29 is 13.2 Å². The molecule has 0 radical (unpaired) electrons. The van der Waals surface area contributed by atoms with Gasteiger partial charge in [-0.1, -0.05) is 30.0 Å². The molecule has 3 aromatic rings. The normalized spacial score (nSPS) is 12.0. The largest absolute Gasteiger partial charge is 0.424 e. The predicted octanol–water partition coefficient (Wildman–Crippen LogP) is 3.73. The van der Waals surface area contributed by atoms with Crippen molar-refractivity contribution >= 4 is 22.7 Å². The van der Waals surface area contributed by atoms with E-state index in [1.807, 2.05) is 12.1 Å². The van der Waals surface area contributed by atoms with E-state index in [1.54, 1.807) is 18.3 Å². The van der Waals surface area contributed by atoms with Crippen LogP contribution in [0.4, 0.5) is 13.2 Å². The molecule has 4 nitrogen and oxygen atoms in total. The minimum absolute atomic E-state index is 0.139. The van der Waals surface area contributed by atoms with Crippen LogP contribution < -0.4 is 5.56 Å². The lowest BCUT2D eigenvalue weighted by Crippen LogP contribution is -2.24. The first kappa shape index (κ1) is 14.7. The van der Waals surface area contributed by atoms with Crippen LogP contribution >= 0.6 is 11.8 Å². The number of para-hydroxylation sites is 1. The molecule has 0 aliphatic carbocycles. The number of nitrogens with zero attached hydrogens (tertiary/aromatic N) is 1. The van der Waals surface area contributed by atoms with Crippen molar-refractivity contribution in [2.75, 3.05) is 0 Å². The number of aromatic nitrogens is 3. The number of halogens is 3. The lowest BCUT2D eigenvalue weighted by atomic mass is 10.2. The minimum atomic E-state index is -4.76. The van der Waals surface area contributed by atoms with Gasteiger partial charge < -0.3 is 9.97 Å². The number of alkyl halides is 3. The maximum atomic E-state index is 13.1. The highest BCUT2D eigenvalue weighted by molar-refractivity contribution is 7.99. The molecule has 22 heavy (non-hydrogen) atoms. The first-order chi connectivity index (χ1) is 10.4. The number of hydrogen-bond acceptors (Lipinski definition) is 3. The van der Waals surface area contributed by atoms with Gasteiger partial charge in [-0.3, -0.25) is 4.79 Å². The van der Waals surface area contributed by atoms with E-state index in [0.717, 1.165) is 22.7 Å². The zero-order valence-electron chi connectivity index (χ0n) is 11.3. The SMILES string of the molecule is Cc1nc(Sc2c[nH]c3ccccc23)c(C(F)(F)F)c(=O)[nH]1. The number of H-pyrrole nitrogens is 2. The summed E-state index contributed by atoms with van der Waals surface area (Å²) in [5, 5.41) is 0.430. The van der Waals surface area contributed by atoms with Gasteiger partial charge in [0.15, 0.2) is 5.56 Å². The Morgan fingerprint density at radius 2 is 1.95 bits per heavy atom. The van der Waals surface area contributed by atoms with Crippen LogP contribution in [0.2, 0.25) is 0 Å². The molecule has 0 bridgehead atoms. The van der Waals surface area contributed by atoms with E-state index in [-0.39, 0.29) is 10.9 Å². The summed E-state index contributed by atoms with van der Waals surface area (Å²) in [6.07, 6.45) is -3.16. The van der Waals surface area contributed by atoms with Crippen LogP contribution in [0.1, 0.15) is 11.4 Å². The predicted molar refractivity (Wildman–Crippen MR) is 77.0 cm³/mol. The molecule has 0 fully saturated rings. The second-order valence-corrected chi connectivity index (χ2v) is 5.66. The Hall–Kier alpha value is -2.22. The second kappa shape index (κ2) is 5.20. The molecule has 8 heteroatoms. The minimum Gasteiger partial charge on any atom is -0.360 e. The number of hydrogen-bond donors (Lipinski definition) is 2. The highest BCUT2D eigenvalue weighted by Crippen LogP contribution is 2.38. The summed E-state index contributed by atoms with van der Waals surface area (Å²) in [7, 11) is 0. The lowest BCUT2D eigenvalue weighted by Gasteiger charge is -2.10. The fourth-order valence-electron chi connectivity index (χ4n) is 2.12. The molecular weight excluding hydrogens is 315 g/mol. The molecule has 0 spiro atoms. The van der Waals surface area contributed by atoms with E-state index >= 15 is 0 Å². The highest BCUT2D eigenvalue weighted by atomic mass is 32.2. The summed E-state index contributed by atoms with van der Waals surface area (Å²) >= 11 is 0.823. The molecule has 0 aliphatic heterocycles. The van der Waals surface area contributed by atoms with E-state index in [1.165, 1.54) is 6.92 Å². The zero-order chi connectivity index (χ0) is 15.9. The number of fused-ring (bicyclic) bond motifs is 1. The van der Waals surface area contributed by atoms with Crippen LogP contribution in [0, 0.1) is 6.92 Å². The van der Waals surface area contributed by atoms with E-state index in [4.69, 9.17) is 0 Å². The first-order valence-electron chi connectivity index (χ1n) is 6.28. The van der Waals surface area contributed by atoms with Gasteiger partial charge >= 0.3 is 6.18 Å². The molecule has 2 aromatic heterocycles. The lowest BCUT2D eigenvalue weighted by molar-refractivity contribution is -0.141. The van der Waals surface area contributed by atoms with E-state index < -0.39 is 17.3 Å². The molecule has 0 atom stereocenters. The monoisotopic (exact) mass is 325 g/mol. The van der Waals surface area contributed by atoms with E-state index in [9.17, 15) is 18.0 Å². The molecule has 114 valence electrons. The summed E-state index contributed by atoms with van der Waals surface area (Å²) in [6.45, 7) is 1.45. The van der Waals surface area contributed by atoms with Crippen LogP contribution in [0.15, 0.2) is 45.2 Å². The Kier molecular flexibility index (Phi) is 3.48. The van der Waals surface area contributed by atoms with Crippen LogP contribution in [0.3, 0.4) is 0 Å². The van der Waals surface area contributed by atoms with Crippen molar-refractivity contribution in [2.45, 2.75) is 23.0 Å². The fraction of sp³-hybridized carbons (Fsp3) is 0.143. The van der Waals surface area contributed by atoms with Crippen molar-refractivity contribution in [1.29, 1.82) is 0 Å². The van der Waals surface area contributed by atoms with Gasteiger partial charge in [0.2, 0.25) is 0 Å². The van der Waals surface area contributed by atoms with Crippen LogP contribution in [-0.2, 0) is 6.18 Å². The van der Waals surface area contributed by atoms with Gasteiger partial charge in [0.05, 0.1) is 0 Å². The maximum absolute atomic E-state index is 13.1. The highest BCUT2D eigenvalue weighted by Gasteiger charge is 2.38. The average molecular weight is 325 g/mol. The second-order valence-electron chi connectivity index (χ2n) is 4.63. The van der Waals surface area contributed by atoms with Crippen molar-refractivity contribution in [2.24, 2.45) is 0 Å². The molecular formula is C14H10F3N3OS. The first-order valence-corrected chi connectivity index (χ1v) is 7.10. The van der Waals surface area contributed by atoms with Gasteiger partial charge in [-0.15, -0.1) is 0 Å². The summed E-state index contributed by atoms with van der Waals surface area (Å²) in [6, 6.07) is 7.23. The topological polar surface area (TPSA) is 61.5 Å². The maximum Gasteiger partial charge on any atom is 0.424 e. The van der Waals surface area contributed by atoms with Crippen molar-refractivity contribution in [3.05, 3.63) is 52.2 Å². The Balaban J connectivity index is 2.15. The van der Waals surface area contributed by atoms with Gasteiger partial charge in [0.25, 0.3) is 5.56 Å². The Morgan fingerprint density at radius 3 is 2.68 bits per heavy atom. The third kappa shape index (κ3) is 2.61. The zero-order valence-corrected chi connectivity index (χ0v) is 12.1.